The second kappa shape index (κ2) is 9.18. The number of hydrogen-bond acceptors (Lipinski definition) is 7. The molecule has 2 atom stereocenters. The third-order valence-corrected chi connectivity index (χ3v) is 6.73. The number of rotatable bonds is 4. The summed E-state index contributed by atoms with van der Waals surface area (Å²) in [6.45, 7) is 2.56. The summed E-state index contributed by atoms with van der Waals surface area (Å²) in [6, 6.07) is 11.1. The van der Waals surface area contributed by atoms with Crippen molar-refractivity contribution in [1.29, 1.82) is 0 Å². The van der Waals surface area contributed by atoms with Crippen LogP contribution in [-0.4, -0.2) is 55.0 Å². The van der Waals surface area contributed by atoms with Gasteiger partial charge in [-0.3, -0.25) is 4.79 Å². The number of fused-ring (bicyclic) bond motifs is 2. The molecule has 0 bridgehead atoms. The highest BCUT2D eigenvalue weighted by atomic mass is 19.4. The van der Waals surface area contributed by atoms with Crippen molar-refractivity contribution in [3.63, 3.8) is 0 Å². The molecular weight excluding hydrogens is 491 g/mol. The molecule has 0 unspecified atom stereocenters. The summed E-state index contributed by atoms with van der Waals surface area (Å²) < 4.78 is 59.2. The van der Waals surface area contributed by atoms with Gasteiger partial charge in [0.1, 0.15) is 5.82 Å². The number of morpholine rings is 1. The largest absolute Gasteiger partial charge is 0.454 e. The number of aromatic nitrogens is 2. The van der Waals surface area contributed by atoms with Crippen LogP contribution in [0.15, 0.2) is 48.5 Å². The molecule has 6 rings (SSSR count). The fourth-order valence-electron chi connectivity index (χ4n) is 4.88. The Bertz CT molecular complexity index is 1320. The Kier molecular flexibility index (Phi) is 5.82. The first-order chi connectivity index (χ1) is 17.9. The van der Waals surface area contributed by atoms with Gasteiger partial charge in [-0.15, -0.1) is 0 Å². The minimum atomic E-state index is -4.56. The first-order valence-corrected chi connectivity index (χ1v) is 11.9. The van der Waals surface area contributed by atoms with Crippen LogP contribution in [0.25, 0.3) is 0 Å². The van der Waals surface area contributed by atoms with Crippen molar-refractivity contribution in [3.05, 3.63) is 59.8 Å². The second-order valence-corrected chi connectivity index (χ2v) is 9.03. The van der Waals surface area contributed by atoms with Gasteiger partial charge in [-0.1, -0.05) is 18.2 Å². The fourth-order valence-corrected chi connectivity index (χ4v) is 4.88. The summed E-state index contributed by atoms with van der Waals surface area (Å²) in [6.07, 6.45) is -4.85. The van der Waals surface area contributed by atoms with Crippen molar-refractivity contribution >= 4 is 23.1 Å². The lowest BCUT2D eigenvalue weighted by atomic mass is 9.96. The minimum absolute atomic E-state index is 0.0714. The molecule has 0 aliphatic carbocycles. The maximum Gasteiger partial charge on any atom is 0.410 e. The predicted molar refractivity (Wildman–Crippen MR) is 128 cm³/mol. The van der Waals surface area contributed by atoms with Crippen molar-refractivity contribution in [3.8, 4) is 11.5 Å². The second-order valence-electron chi connectivity index (χ2n) is 9.03. The number of nitrogens with one attached hydrogen (secondary N) is 2. The van der Waals surface area contributed by atoms with E-state index in [0.717, 1.165) is 10.4 Å². The number of benzene rings is 2. The van der Waals surface area contributed by atoms with Gasteiger partial charge in [0.15, 0.2) is 23.2 Å². The number of ether oxygens (including phenoxy) is 3. The van der Waals surface area contributed by atoms with E-state index < -0.39 is 24.2 Å². The molecule has 3 aliphatic rings. The Labute approximate surface area is 210 Å². The van der Waals surface area contributed by atoms with Crippen LogP contribution in [0.1, 0.15) is 34.6 Å². The summed E-state index contributed by atoms with van der Waals surface area (Å²) in [5.74, 6) is 0.557. The van der Waals surface area contributed by atoms with Gasteiger partial charge in [-0.2, -0.15) is 18.3 Å². The minimum Gasteiger partial charge on any atom is -0.454 e. The van der Waals surface area contributed by atoms with E-state index in [0.29, 0.717) is 49.1 Å². The molecule has 12 heteroatoms. The molecule has 2 N–H and O–H groups in total. The quantitative estimate of drug-likeness (QED) is 0.534. The zero-order valence-electron chi connectivity index (χ0n) is 19.6. The topological polar surface area (TPSA) is 89.9 Å². The van der Waals surface area contributed by atoms with E-state index in [4.69, 9.17) is 14.2 Å². The van der Waals surface area contributed by atoms with E-state index in [1.807, 2.05) is 12.1 Å². The molecule has 1 aromatic heterocycles. The maximum atomic E-state index is 14.1. The van der Waals surface area contributed by atoms with Crippen LogP contribution >= 0.6 is 0 Å². The number of carbonyl (C=O) groups excluding carboxylic acids is 1. The highest BCUT2D eigenvalue weighted by Gasteiger charge is 2.47. The molecule has 3 aromatic rings. The first kappa shape index (κ1) is 23.5. The van der Waals surface area contributed by atoms with Crippen molar-refractivity contribution in [2.75, 3.05) is 48.6 Å². The molecule has 9 nitrogen and oxygen atoms in total. The molecule has 1 amide bonds. The summed E-state index contributed by atoms with van der Waals surface area (Å²) in [4.78, 5) is 15.2. The van der Waals surface area contributed by atoms with E-state index in [-0.39, 0.29) is 24.7 Å². The molecule has 0 spiro atoms. The zero-order chi connectivity index (χ0) is 25.6. The first-order valence-electron chi connectivity index (χ1n) is 11.9. The lowest BCUT2D eigenvalue weighted by Gasteiger charge is -2.33. The van der Waals surface area contributed by atoms with Gasteiger partial charge in [0.05, 0.1) is 30.6 Å². The van der Waals surface area contributed by atoms with Crippen molar-refractivity contribution < 1.29 is 32.2 Å². The third-order valence-electron chi connectivity index (χ3n) is 6.73. The number of amides is 1. The number of carbonyl (C=O) groups is 1. The Hall–Kier alpha value is -3.93. The predicted octanol–water partition coefficient (Wildman–Crippen LogP) is 4.36. The number of hydrogen-bond donors (Lipinski definition) is 2. The number of halogens is 3. The standard InChI is InChI=1S/C25H24F3N5O4/c26-25(27,28)22-12-17(15-5-6-20-21(11-15)37-14-36-20)29-23-13-18(31-33(22)23)24(34)30-16-3-1-2-4-19(16)32-7-9-35-10-8-32/h1-6,11,13,17,22,29H,7-10,12,14H2,(H,30,34)/t17-,22+/m0/s1. The van der Waals surface area contributed by atoms with Crippen LogP contribution in [0.5, 0.6) is 11.5 Å². The number of para-hydroxylation sites is 2. The van der Waals surface area contributed by atoms with Crippen LogP contribution in [0.3, 0.4) is 0 Å². The van der Waals surface area contributed by atoms with Gasteiger partial charge in [-0.25, -0.2) is 4.68 Å². The highest BCUT2D eigenvalue weighted by molar-refractivity contribution is 6.05. The molecule has 0 saturated carbocycles. The Balaban J connectivity index is 1.27. The van der Waals surface area contributed by atoms with E-state index in [1.54, 1.807) is 30.3 Å². The van der Waals surface area contributed by atoms with E-state index >= 15 is 0 Å². The summed E-state index contributed by atoms with van der Waals surface area (Å²) in [7, 11) is 0. The van der Waals surface area contributed by atoms with Crippen molar-refractivity contribution in [2.24, 2.45) is 0 Å². The zero-order valence-corrected chi connectivity index (χ0v) is 19.6. The smallest absolute Gasteiger partial charge is 0.410 e. The van der Waals surface area contributed by atoms with Crippen molar-refractivity contribution in [2.45, 2.75) is 24.7 Å². The SMILES string of the molecule is O=C(Nc1ccccc1N1CCOCC1)c1cc2n(n1)[C@@H](C(F)(F)F)C[C@@H](c1ccc3c(c1)OCO3)N2. The van der Waals surface area contributed by atoms with Crippen LogP contribution in [0.4, 0.5) is 30.4 Å². The molecule has 37 heavy (non-hydrogen) atoms. The van der Waals surface area contributed by atoms with Gasteiger partial charge in [0.25, 0.3) is 5.91 Å². The van der Waals surface area contributed by atoms with Gasteiger partial charge in [0, 0.05) is 25.6 Å². The third kappa shape index (κ3) is 4.52. The van der Waals surface area contributed by atoms with E-state index in [9.17, 15) is 18.0 Å². The van der Waals surface area contributed by atoms with Gasteiger partial charge in [-0.05, 0) is 29.8 Å². The Morgan fingerprint density at radius 2 is 1.84 bits per heavy atom. The normalized spacial score (nSPS) is 20.8. The van der Waals surface area contributed by atoms with Gasteiger partial charge >= 0.3 is 6.18 Å². The maximum absolute atomic E-state index is 14.1. The molecule has 194 valence electrons. The van der Waals surface area contributed by atoms with Gasteiger partial charge < -0.3 is 29.7 Å². The number of alkyl halides is 3. The van der Waals surface area contributed by atoms with Crippen LogP contribution in [0, 0.1) is 0 Å². The number of anilines is 3. The number of nitrogens with zero attached hydrogens (tertiary/aromatic N) is 3. The van der Waals surface area contributed by atoms with Crippen molar-refractivity contribution in [1.82, 2.24) is 9.78 Å². The van der Waals surface area contributed by atoms with Crippen LogP contribution in [-0.2, 0) is 4.74 Å². The van der Waals surface area contributed by atoms with Gasteiger partial charge in [0.2, 0.25) is 6.79 Å². The Morgan fingerprint density at radius 3 is 2.65 bits per heavy atom. The summed E-state index contributed by atoms with van der Waals surface area (Å²) >= 11 is 0. The summed E-state index contributed by atoms with van der Waals surface area (Å²) in [5.41, 5.74) is 1.88. The van der Waals surface area contributed by atoms with E-state index in [2.05, 4.69) is 20.6 Å². The van der Waals surface area contributed by atoms with Crippen LogP contribution in [0.2, 0.25) is 0 Å². The monoisotopic (exact) mass is 515 g/mol. The molecule has 2 aromatic carbocycles. The summed E-state index contributed by atoms with van der Waals surface area (Å²) in [5, 5.41) is 10.00. The lowest BCUT2D eigenvalue weighted by Crippen LogP contribution is -2.36. The van der Waals surface area contributed by atoms with E-state index in [1.165, 1.54) is 6.07 Å². The fraction of sp³-hybridized carbons (Fsp3) is 0.360. The average Bonchev–Trinajstić information content (AvgIpc) is 3.55. The average molecular weight is 515 g/mol. The molecule has 1 saturated heterocycles. The molecule has 1 fully saturated rings. The molecule has 4 heterocycles. The van der Waals surface area contributed by atoms with Crippen LogP contribution < -0.4 is 25.0 Å². The molecule has 3 aliphatic heterocycles. The molecular formula is C25H24F3N5O4. The highest BCUT2D eigenvalue weighted by Crippen LogP contribution is 2.45. The molecule has 0 radical (unpaired) electrons. The Morgan fingerprint density at radius 1 is 1.05 bits per heavy atom. The lowest BCUT2D eigenvalue weighted by molar-refractivity contribution is -0.173.